The Labute approximate surface area is 93.7 Å². The van der Waals surface area contributed by atoms with Crippen molar-refractivity contribution in [2.24, 2.45) is 11.8 Å². The third-order valence-corrected chi connectivity index (χ3v) is 2.92. The maximum absolute atomic E-state index is 11.4. The summed E-state index contributed by atoms with van der Waals surface area (Å²) < 4.78 is 4.80. The zero-order valence-corrected chi connectivity index (χ0v) is 10.3. The molecule has 15 heavy (non-hydrogen) atoms. The molecule has 0 spiro atoms. The maximum atomic E-state index is 11.4. The van der Waals surface area contributed by atoms with Gasteiger partial charge in [0.15, 0.2) is 0 Å². The van der Waals surface area contributed by atoms with Crippen LogP contribution in [0.5, 0.6) is 0 Å². The molecule has 88 valence electrons. The first-order chi connectivity index (χ1) is 7.19. The van der Waals surface area contributed by atoms with Crippen LogP contribution in [-0.2, 0) is 9.53 Å². The molecule has 0 heterocycles. The fourth-order valence-corrected chi connectivity index (χ4v) is 1.80. The number of hydrogen-bond donors (Lipinski definition) is 0. The minimum absolute atomic E-state index is 0.0595. The van der Waals surface area contributed by atoms with Gasteiger partial charge in [0.25, 0.3) is 0 Å². The Morgan fingerprint density at radius 2 is 2.00 bits per heavy atom. The van der Waals surface area contributed by atoms with Crippen molar-refractivity contribution in [3.05, 3.63) is 12.7 Å². The highest BCUT2D eigenvalue weighted by Gasteiger charge is 2.18. The zero-order chi connectivity index (χ0) is 11.7. The molecule has 2 heteroatoms. The van der Waals surface area contributed by atoms with Gasteiger partial charge in [-0.15, -0.1) is 6.58 Å². The van der Waals surface area contributed by atoms with Crippen LogP contribution in [0.2, 0.25) is 0 Å². The molecule has 0 saturated heterocycles. The van der Waals surface area contributed by atoms with E-state index in [0.717, 1.165) is 32.1 Å². The zero-order valence-electron chi connectivity index (χ0n) is 10.3. The highest BCUT2D eigenvalue weighted by molar-refractivity contribution is 5.72. The molecule has 0 amide bonds. The molecule has 0 aromatic carbocycles. The van der Waals surface area contributed by atoms with Crippen molar-refractivity contribution in [2.75, 3.05) is 7.11 Å². The molecule has 0 bridgehead atoms. The average molecular weight is 212 g/mol. The van der Waals surface area contributed by atoms with Gasteiger partial charge in [0.2, 0.25) is 0 Å². The number of methoxy groups -OCH3 is 1. The van der Waals surface area contributed by atoms with E-state index >= 15 is 0 Å². The van der Waals surface area contributed by atoms with Crippen LogP contribution in [0.15, 0.2) is 12.7 Å². The lowest BCUT2D eigenvalue weighted by molar-refractivity contribution is -0.146. The summed E-state index contributed by atoms with van der Waals surface area (Å²) in [7, 11) is 1.47. The van der Waals surface area contributed by atoms with Crippen LogP contribution in [-0.4, -0.2) is 13.1 Å². The molecule has 0 aliphatic rings. The summed E-state index contributed by atoms with van der Waals surface area (Å²) in [6.45, 7) is 8.05. The summed E-state index contributed by atoms with van der Waals surface area (Å²) in [6.07, 6.45) is 7.01. The summed E-state index contributed by atoms with van der Waals surface area (Å²) in [5, 5.41) is 0. The van der Waals surface area contributed by atoms with Crippen LogP contribution in [0, 0.1) is 11.8 Å². The third-order valence-electron chi connectivity index (χ3n) is 2.92. The minimum atomic E-state index is -0.0595. The smallest absolute Gasteiger partial charge is 0.308 e. The minimum Gasteiger partial charge on any atom is -0.469 e. The molecule has 0 aromatic rings. The van der Waals surface area contributed by atoms with Crippen LogP contribution < -0.4 is 0 Å². The molecule has 2 atom stereocenters. The summed E-state index contributed by atoms with van der Waals surface area (Å²) in [5.74, 6) is 0.554. The van der Waals surface area contributed by atoms with Gasteiger partial charge in [-0.05, 0) is 31.6 Å². The van der Waals surface area contributed by atoms with Gasteiger partial charge >= 0.3 is 5.97 Å². The Kier molecular flexibility index (Phi) is 8.06. The Balaban J connectivity index is 4.04. The SMILES string of the molecule is C=CC(CC)CCC(CCC)C(=O)OC. The third kappa shape index (κ3) is 5.60. The summed E-state index contributed by atoms with van der Waals surface area (Å²) in [4.78, 5) is 11.4. The standard InChI is InChI=1S/C13H24O2/c1-5-8-12(13(14)15-4)10-9-11(6-2)7-3/h6,11-12H,2,5,7-10H2,1,3-4H3. The van der Waals surface area contributed by atoms with Crippen LogP contribution >= 0.6 is 0 Å². The Bertz CT molecular complexity index is 187. The lowest BCUT2D eigenvalue weighted by Crippen LogP contribution is -2.17. The normalized spacial score (nSPS) is 14.3. The van der Waals surface area contributed by atoms with Gasteiger partial charge in [-0.25, -0.2) is 0 Å². The van der Waals surface area contributed by atoms with Gasteiger partial charge in [-0.3, -0.25) is 4.79 Å². The van der Waals surface area contributed by atoms with E-state index in [4.69, 9.17) is 4.74 Å². The number of hydrogen-bond acceptors (Lipinski definition) is 2. The van der Waals surface area contributed by atoms with E-state index in [9.17, 15) is 4.79 Å². The fourth-order valence-electron chi connectivity index (χ4n) is 1.80. The van der Waals surface area contributed by atoms with Crippen molar-refractivity contribution in [1.29, 1.82) is 0 Å². The summed E-state index contributed by atoms with van der Waals surface area (Å²) in [5.41, 5.74) is 0. The quantitative estimate of drug-likeness (QED) is 0.454. The molecule has 0 aromatic heterocycles. The molecule has 0 N–H and O–H groups in total. The van der Waals surface area contributed by atoms with Gasteiger partial charge in [-0.1, -0.05) is 26.3 Å². The number of carbonyl (C=O) groups excluding carboxylic acids is 1. The first kappa shape index (κ1) is 14.2. The molecular formula is C13H24O2. The van der Waals surface area contributed by atoms with Crippen LogP contribution in [0.4, 0.5) is 0 Å². The van der Waals surface area contributed by atoms with Crippen molar-refractivity contribution in [2.45, 2.75) is 46.0 Å². The Hall–Kier alpha value is -0.790. The van der Waals surface area contributed by atoms with E-state index in [1.807, 2.05) is 6.08 Å². The average Bonchev–Trinajstić information content (AvgIpc) is 2.27. The van der Waals surface area contributed by atoms with Gasteiger partial charge in [0, 0.05) is 0 Å². The molecule has 0 aliphatic heterocycles. The van der Waals surface area contributed by atoms with Crippen molar-refractivity contribution in [1.82, 2.24) is 0 Å². The lowest BCUT2D eigenvalue weighted by Gasteiger charge is -2.16. The monoisotopic (exact) mass is 212 g/mol. The van der Waals surface area contributed by atoms with E-state index in [2.05, 4.69) is 20.4 Å². The predicted molar refractivity (Wildman–Crippen MR) is 63.6 cm³/mol. The second kappa shape index (κ2) is 8.51. The fraction of sp³-hybridized carbons (Fsp3) is 0.769. The van der Waals surface area contributed by atoms with Gasteiger partial charge in [0.05, 0.1) is 13.0 Å². The number of carbonyl (C=O) groups is 1. The predicted octanol–water partition coefficient (Wildman–Crippen LogP) is 3.57. The Morgan fingerprint density at radius 3 is 2.40 bits per heavy atom. The topological polar surface area (TPSA) is 26.3 Å². The van der Waals surface area contributed by atoms with E-state index in [0.29, 0.717) is 5.92 Å². The number of ether oxygens (including phenoxy) is 1. The summed E-state index contributed by atoms with van der Waals surface area (Å²) >= 11 is 0. The maximum Gasteiger partial charge on any atom is 0.308 e. The number of rotatable bonds is 8. The second-order valence-electron chi connectivity index (χ2n) is 3.99. The van der Waals surface area contributed by atoms with Crippen LogP contribution in [0.1, 0.15) is 46.0 Å². The van der Waals surface area contributed by atoms with E-state index in [1.165, 1.54) is 7.11 Å². The van der Waals surface area contributed by atoms with Gasteiger partial charge < -0.3 is 4.74 Å². The van der Waals surface area contributed by atoms with E-state index in [1.54, 1.807) is 0 Å². The number of esters is 1. The molecule has 0 aliphatic carbocycles. The molecule has 0 saturated carbocycles. The molecule has 2 unspecified atom stereocenters. The van der Waals surface area contributed by atoms with Gasteiger partial charge in [0.1, 0.15) is 0 Å². The number of allylic oxidation sites excluding steroid dienone is 1. The summed E-state index contributed by atoms with van der Waals surface area (Å²) in [6, 6.07) is 0. The van der Waals surface area contributed by atoms with Crippen LogP contribution in [0.25, 0.3) is 0 Å². The largest absolute Gasteiger partial charge is 0.469 e. The molecule has 0 rings (SSSR count). The van der Waals surface area contributed by atoms with E-state index in [-0.39, 0.29) is 11.9 Å². The first-order valence-corrected chi connectivity index (χ1v) is 5.89. The second-order valence-corrected chi connectivity index (χ2v) is 3.99. The highest BCUT2D eigenvalue weighted by Crippen LogP contribution is 2.20. The van der Waals surface area contributed by atoms with Crippen molar-refractivity contribution in [3.63, 3.8) is 0 Å². The van der Waals surface area contributed by atoms with Crippen molar-refractivity contribution in [3.8, 4) is 0 Å². The van der Waals surface area contributed by atoms with Gasteiger partial charge in [-0.2, -0.15) is 0 Å². The lowest BCUT2D eigenvalue weighted by atomic mass is 9.91. The Morgan fingerprint density at radius 1 is 1.33 bits per heavy atom. The van der Waals surface area contributed by atoms with E-state index < -0.39 is 0 Å². The van der Waals surface area contributed by atoms with Crippen molar-refractivity contribution >= 4 is 5.97 Å². The highest BCUT2D eigenvalue weighted by atomic mass is 16.5. The molecule has 0 fully saturated rings. The molecule has 0 radical (unpaired) electrons. The molecule has 2 nitrogen and oxygen atoms in total. The van der Waals surface area contributed by atoms with Crippen molar-refractivity contribution < 1.29 is 9.53 Å². The molecular weight excluding hydrogens is 188 g/mol. The first-order valence-electron chi connectivity index (χ1n) is 5.89. The van der Waals surface area contributed by atoms with Crippen LogP contribution in [0.3, 0.4) is 0 Å².